The predicted molar refractivity (Wildman–Crippen MR) is 82.3 cm³/mol. The molecule has 0 aliphatic rings. The number of methoxy groups -OCH3 is 1. The molecule has 0 unspecified atom stereocenters. The second-order valence-corrected chi connectivity index (χ2v) is 4.57. The van der Waals surface area contributed by atoms with E-state index in [-0.39, 0.29) is 5.91 Å². The minimum atomic E-state index is -0.224. The molecule has 22 heavy (non-hydrogen) atoms. The summed E-state index contributed by atoms with van der Waals surface area (Å²) in [5, 5.41) is 10.4. The van der Waals surface area contributed by atoms with Crippen molar-refractivity contribution in [1.82, 2.24) is 14.8 Å². The van der Waals surface area contributed by atoms with Crippen LogP contribution in [-0.2, 0) is 0 Å². The molecule has 0 bridgehead atoms. The first kappa shape index (κ1) is 13.8. The van der Waals surface area contributed by atoms with Crippen molar-refractivity contribution in [3.63, 3.8) is 0 Å². The van der Waals surface area contributed by atoms with Gasteiger partial charge in [-0.25, -0.2) is 0 Å². The van der Waals surface area contributed by atoms with E-state index in [2.05, 4.69) is 15.5 Å². The molecule has 0 spiro atoms. The van der Waals surface area contributed by atoms with Crippen LogP contribution in [0.2, 0.25) is 0 Å². The number of nitrogens with one attached hydrogen (secondary N) is 1. The highest BCUT2D eigenvalue weighted by Crippen LogP contribution is 2.20. The molecule has 6 nitrogen and oxygen atoms in total. The molecule has 3 rings (SSSR count). The zero-order valence-electron chi connectivity index (χ0n) is 11.9. The van der Waals surface area contributed by atoms with Crippen LogP contribution in [0, 0.1) is 0 Å². The first-order valence-electron chi connectivity index (χ1n) is 6.67. The van der Waals surface area contributed by atoms with E-state index in [0.29, 0.717) is 17.0 Å². The summed E-state index contributed by atoms with van der Waals surface area (Å²) < 4.78 is 6.97. The van der Waals surface area contributed by atoms with Crippen LogP contribution in [-0.4, -0.2) is 27.8 Å². The molecule has 0 saturated carbocycles. The Morgan fingerprint density at radius 2 is 1.86 bits per heavy atom. The lowest BCUT2D eigenvalue weighted by Gasteiger charge is -2.10. The second kappa shape index (κ2) is 6.09. The quantitative estimate of drug-likeness (QED) is 0.802. The van der Waals surface area contributed by atoms with Gasteiger partial charge in [-0.1, -0.05) is 18.2 Å². The van der Waals surface area contributed by atoms with Crippen molar-refractivity contribution < 1.29 is 9.53 Å². The topological polar surface area (TPSA) is 69.0 Å². The Bertz CT molecular complexity index is 784. The molecule has 0 radical (unpaired) electrons. The molecule has 1 N–H and O–H groups in total. The largest absolute Gasteiger partial charge is 0.496 e. The van der Waals surface area contributed by atoms with Crippen molar-refractivity contribution in [3.8, 4) is 11.4 Å². The molecule has 1 heterocycles. The minimum absolute atomic E-state index is 0.224. The summed E-state index contributed by atoms with van der Waals surface area (Å²) in [6.45, 7) is 0. The summed E-state index contributed by atoms with van der Waals surface area (Å²) in [6.07, 6.45) is 3.20. The van der Waals surface area contributed by atoms with Crippen LogP contribution in [0.4, 0.5) is 5.69 Å². The number of nitrogens with zero attached hydrogens (tertiary/aromatic N) is 3. The van der Waals surface area contributed by atoms with Gasteiger partial charge >= 0.3 is 0 Å². The van der Waals surface area contributed by atoms with E-state index in [1.54, 1.807) is 42.5 Å². The standard InChI is InChI=1S/C16H14N4O2/c1-22-15-8-3-2-7-14(15)16(21)19-12-5-4-6-13(9-12)20-10-17-18-11-20/h2-11H,1H3,(H,19,21). The van der Waals surface area contributed by atoms with E-state index in [1.807, 2.05) is 30.3 Å². The molecule has 0 aliphatic heterocycles. The van der Waals surface area contributed by atoms with Gasteiger partial charge in [-0.05, 0) is 30.3 Å². The molecular formula is C16H14N4O2. The Hall–Kier alpha value is -3.15. The van der Waals surface area contributed by atoms with E-state index in [4.69, 9.17) is 4.74 Å². The third-order valence-electron chi connectivity index (χ3n) is 3.17. The fourth-order valence-corrected chi connectivity index (χ4v) is 2.11. The molecular weight excluding hydrogens is 280 g/mol. The van der Waals surface area contributed by atoms with Crippen molar-refractivity contribution in [2.24, 2.45) is 0 Å². The maximum Gasteiger partial charge on any atom is 0.259 e. The predicted octanol–water partition coefficient (Wildman–Crippen LogP) is 2.53. The Morgan fingerprint density at radius 1 is 1.09 bits per heavy atom. The average molecular weight is 294 g/mol. The van der Waals surface area contributed by atoms with Crippen LogP contribution >= 0.6 is 0 Å². The average Bonchev–Trinajstić information content (AvgIpc) is 3.09. The minimum Gasteiger partial charge on any atom is -0.496 e. The van der Waals surface area contributed by atoms with Crippen molar-refractivity contribution in [2.75, 3.05) is 12.4 Å². The summed E-state index contributed by atoms with van der Waals surface area (Å²) in [5.74, 6) is 0.313. The second-order valence-electron chi connectivity index (χ2n) is 4.57. The number of aromatic nitrogens is 3. The lowest BCUT2D eigenvalue weighted by atomic mass is 10.2. The van der Waals surface area contributed by atoms with Gasteiger partial charge in [0.1, 0.15) is 18.4 Å². The number of hydrogen-bond donors (Lipinski definition) is 1. The maximum absolute atomic E-state index is 12.4. The third-order valence-corrected chi connectivity index (χ3v) is 3.17. The normalized spacial score (nSPS) is 10.2. The van der Waals surface area contributed by atoms with Crippen LogP contribution in [0.15, 0.2) is 61.2 Å². The number of carbonyl (C=O) groups excluding carboxylic acids is 1. The molecule has 1 aromatic heterocycles. The van der Waals surface area contributed by atoms with Gasteiger partial charge in [0.15, 0.2) is 0 Å². The van der Waals surface area contributed by atoms with Crippen LogP contribution < -0.4 is 10.1 Å². The highest BCUT2D eigenvalue weighted by atomic mass is 16.5. The molecule has 2 aromatic carbocycles. The van der Waals surface area contributed by atoms with Crippen molar-refractivity contribution >= 4 is 11.6 Å². The van der Waals surface area contributed by atoms with Crippen molar-refractivity contribution in [1.29, 1.82) is 0 Å². The molecule has 0 fully saturated rings. The molecule has 0 saturated heterocycles. The van der Waals surface area contributed by atoms with Crippen molar-refractivity contribution in [2.45, 2.75) is 0 Å². The van der Waals surface area contributed by atoms with Gasteiger partial charge < -0.3 is 10.1 Å². The number of amides is 1. The van der Waals surface area contributed by atoms with Crippen molar-refractivity contribution in [3.05, 3.63) is 66.7 Å². The third kappa shape index (κ3) is 2.80. The first-order valence-corrected chi connectivity index (χ1v) is 6.67. The lowest BCUT2D eigenvalue weighted by molar-refractivity contribution is 0.102. The fraction of sp³-hybridized carbons (Fsp3) is 0.0625. The van der Waals surface area contributed by atoms with Crippen LogP contribution in [0.5, 0.6) is 5.75 Å². The Morgan fingerprint density at radius 3 is 2.64 bits per heavy atom. The van der Waals surface area contributed by atoms with Gasteiger partial charge in [-0.2, -0.15) is 0 Å². The van der Waals surface area contributed by atoms with Crippen LogP contribution in [0.25, 0.3) is 5.69 Å². The maximum atomic E-state index is 12.4. The van der Waals surface area contributed by atoms with E-state index in [9.17, 15) is 4.79 Å². The van der Waals surface area contributed by atoms with E-state index >= 15 is 0 Å². The lowest BCUT2D eigenvalue weighted by Crippen LogP contribution is -2.13. The molecule has 1 amide bonds. The zero-order valence-corrected chi connectivity index (χ0v) is 11.9. The van der Waals surface area contributed by atoms with E-state index in [0.717, 1.165) is 5.69 Å². The summed E-state index contributed by atoms with van der Waals surface area (Å²) in [4.78, 5) is 12.4. The van der Waals surface area contributed by atoms with E-state index in [1.165, 1.54) is 0 Å². The highest BCUT2D eigenvalue weighted by Gasteiger charge is 2.11. The van der Waals surface area contributed by atoms with Crippen LogP contribution in [0.3, 0.4) is 0 Å². The van der Waals surface area contributed by atoms with Gasteiger partial charge in [0.2, 0.25) is 0 Å². The summed E-state index contributed by atoms with van der Waals surface area (Å²) in [6, 6.07) is 14.5. The van der Waals surface area contributed by atoms with Gasteiger partial charge in [-0.15, -0.1) is 10.2 Å². The van der Waals surface area contributed by atoms with E-state index < -0.39 is 0 Å². The van der Waals surface area contributed by atoms with Gasteiger partial charge in [0, 0.05) is 5.69 Å². The Balaban J connectivity index is 1.84. The monoisotopic (exact) mass is 294 g/mol. The zero-order chi connectivity index (χ0) is 15.4. The number of para-hydroxylation sites is 1. The number of benzene rings is 2. The molecule has 0 atom stereocenters. The smallest absolute Gasteiger partial charge is 0.259 e. The molecule has 3 aromatic rings. The number of rotatable bonds is 4. The fourth-order valence-electron chi connectivity index (χ4n) is 2.11. The molecule has 0 aliphatic carbocycles. The Labute approximate surface area is 127 Å². The summed E-state index contributed by atoms with van der Waals surface area (Å²) in [5.41, 5.74) is 2.03. The van der Waals surface area contributed by atoms with Gasteiger partial charge in [0.05, 0.1) is 18.4 Å². The van der Waals surface area contributed by atoms with Gasteiger partial charge in [0.25, 0.3) is 5.91 Å². The number of hydrogen-bond acceptors (Lipinski definition) is 4. The highest BCUT2D eigenvalue weighted by molar-refractivity contribution is 6.06. The molecule has 110 valence electrons. The summed E-state index contributed by atoms with van der Waals surface area (Å²) in [7, 11) is 1.54. The number of anilines is 1. The number of carbonyl (C=O) groups is 1. The first-order chi connectivity index (χ1) is 10.8. The number of ether oxygens (including phenoxy) is 1. The van der Waals surface area contributed by atoms with Crippen LogP contribution in [0.1, 0.15) is 10.4 Å². The summed E-state index contributed by atoms with van der Waals surface area (Å²) >= 11 is 0. The Kier molecular flexibility index (Phi) is 3.82. The van der Waals surface area contributed by atoms with Gasteiger partial charge in [-0.3, -0.25) is 9.36 Å². The molecule has 6 heteroatoms. The SMILES string of the molecule is COc1ccccc1C(=O)Nc1cccc(-n2cnnc2)c1.